The molecule has 1 aliphatic rings. The number of aromatic nitrogens is 1. The van der Waals surface area contributed by atoms with Crippen LogP contribution in [0.2, 0.25) is 0 Å². The van der Waals surface area contributed by atoms with Gasteiger partial charge >= 0.3 is 0 Å². The highest BCUT2D eigenvalue weighted by atomic mass is 32.2. The Hall–Kier alpha value is -2.34. The van der Waals surface area contributed by atoms with Crippen molar-refractivity contribution in [3.8, 4) is 5.69 Å². The van der Waals surface area contributed by atoms with E-state index >= 15 is 0 Å². The molecule has 1 atom stereocenters. The lowest BCUT2D eigenvalue weighted by molar-refractivity contribution is -0.124. The molecule has 2 aromatic rings. The van der Waals surface area contributed by atoms with Crippen molar-refractivity contribution in [1.29, 1.82) is 0 Å². The number of amides is 2. The topological polar surface area (TPSA) is 42.3 Å². The number of nitrogens with zero attached hydrogens (tertiary/aromatic N) is 2. The fraction of sp³-hybridized carbons (Fsp3) is 0.222. The van der Waals surface area contributed by atoms with E-state index in [4.69, 9.17) is 0 Å². The summed E-state index contributed by atoms with van der Waals surface area (Å²) in [5.74, 6) is -0.562. The average Bonchev–Trinajstić information content (AvgIpc) is 3.13. The van der Waals surface area contributed by atoms with Crippen LogP contribution in [-0.2, 0) is 4.79 Å². The predicted molar refractivity (Wildman–Crippen MR) is 93.3 cm³/mol. The van der Waals surface area contributed by atoms with Gasteiger partial charge in [-0.25, -0.2) is 4.39 Å². The fourth-order valence-corrected chi connectivity index (χ4v) is 3.44. The van der Waals surface area contributed by atoms with Crippen molar-refractivity contribution in [1.82, 2.24) is 9.47 Å². The van der Waals surface area contributed by atoms with Gasteiger partial charge in [0.2, 0.25) is 0 Å². The van der Waals surface area contributed by atoms with E-state index in [-0.39, 0.29) is 23.0 Å². The highest BCUT2D eigenvalue weighted by Crippen LogP contribution is 2.34. The molecule has 3 rings (SSSR count). The van der Waals surface area contributed by atoms with Gasteiger partial charge < -0.3 is 4.57 Å². The highest BCUT2D eigenvalue weighted by molar-refractivity contribution is 8.18. The first-order valence-electron chi connectivity index (χ1n) is 7.71. The van der Waals surface area contributed by atoms with Crippen LogP contribution in [0.15, 0.2) is 47.5 Å². The van der Waals surface area contributed by atoms with Gasteiger partial charge in [0.15, 0.2) is 0 Å². The van der Waals surface area contributed by atoms with Crippen LogP contribution in [0.1, 0.15) is 26.0 Å². The summed E-state index contributed by atoms with van der Waals surface area (Å²) in [7, 11) is 0. The molecule has 1 aromatic carbocycles. The van der Waals surface area contributed by atoms with Gasteiger partial charge in [0.1, 0.15) is 5.82 Å². The van der Waals surface area contributed by atoms with Crippen molar-refractivity contribution in [2.75, 3.05) is 0 Å². The molecule has 2 amide bonds. The van der Waals surface area contributed by atoms with Crippen molar-refractivity contribution in [3.05, 3.63) is 59.0 Å². The molecule has 0 bridgehead atoms. The van der Waals surface area contributed by atoms with E-state index in [1.54, 1.807) is 18.2 Å². The third-order valence-electron chi connectivity index (χ3n) is 4.02. The first-order chi connectivity index (χ1) is 11.5. The van der Waals surface area contributed by atoms with Gasteiger partial charge in [-0.1, -0.05) is 6.92 Å². The van der Waals surface area contributed by atoms with Gasteiger partial charge in [-0.2, -0.15) is 0 Å². The lowest BCUT2D eigenvalue weighted by atomic mass is 10.2. The molecule has 0 radical (unpaired) electrons. The highest BCUT2D eigenvalue weighted by Gasteiger charge is 2.37. The second-order valence-electron chi connectivity index (χ2n) is 5.59. The normalized spacial score (nSPS) is 17.8. The summed E-state index contributed by atoms with van der Waals surface area (Å²) >= 11 is 0.955. The van der Waals surface area contributed by atoms with Crippen LogP contribution in [0.4, 0.5) is 9.18 Å². The molecule has 6 heteroatoms. The lowest BCUT2D eigenvalue weighted by Gasteiger charge is -2.19. The van der Waals surface area contributed by atoms with E-state index in [0.717, 1.165) is 29.6 Å². The second kappa shape index (κ2) is 6.65. The standard InChI is InChI=1S/C18H17FN2O2S/c1-3-12(2)21-17(22)16(24-18(21)23)11-15-5-4-10-20(15)14-8-6-13(19)7-9-14/h4-12H,3H2,1-2H3/b16-11+/t12-/m0/s1. The van der Waals surface area contributed by atoms with Crippen molar-refractivity contribution in [3.63, 3.8) is 0 Å². The van der Waals surface area contributed by atoms with Crippen LogP contribution in [0.3, 0.4) is 0 Å². The van der Waals surface area contributed by atoms with Gasteiger partial charge in [0.25, 0.3) is 11.1 Å². The first-order valence-corrected chi connectivity index (χ1v) is 8.53. The van der Waals surface area contributed by atoms with Crippen molar-refractivity contribution >= 4 is 29.0 Å². The van der Waals surface area contributed by atoms with Gasteiger partial charge in [0, 0.05) is 23.6 Å². The number of rotatable bonds is 4. The summed E-state index contributed by atoms with van der Waals surface area (Å²) in [6.07, 6.45) is 4.26. The van der Waals surface area contributed by atoms with Gasteiger partial charge in [-0.3, -0.25) is 14.5 Å². The number of carbonyl (C=O) groups excluding carboxylic acids is 2. The zero-order chi connectivity index (χ0) is 17.3. The lowest BCUT2D eigenvalue weighted by Crippen LogP contribution is -2.36. The maximum absolute atomic E-state index is 13.1. The number of hydrogen-bond acceptors (Lipinski definition) is 3. The van der Waals surface area contributed by atoms with E-state index in [9.17, 15) is 14.0 Å². The maximum atomic E-state index is 13.1. The molecule has 0 N–H and O–H groups in total. The van der Waals surface area contributed by atoms with Gasteiger partial charge in [0.05, 0.1) is 4.91 Å². The Labute approximate surface area is 144 Å². The molecular weight excluding hydrogens is 327 g/mol. The zero-order valence-electron chi connectivity index (χ0n) is 13.4. The number of hydrogen-bond donors (Lipinski definition) is 0. The molecule has 1 aliphatic heterocycles. The Balaban J connectivity index is 1.93. The number of imide groups is 1. The minimum absolute atomic E-state index is 0.118. The van der Waals surface area contributed by atoms with E-state index in [1.165, 1.54) is 17.0 Å². The summed E-state index contributed by atoms with van der Waals surface area (Å²) in [5.41, 5.74) is 1.55. The minimum Gasteiger partial charge on any atom is -0.317 e. The molecule has 2 heterocycles. The first kappa shape index (κ1) is 16.5. The third-order valence-corrected chi connectivity index (χ3v) is 4.90. The molecule has 4 nitrogen and oxygen atoms in total. The van der Waals surface area contributed by atoms with Crippen LogP contribution in [-0.4, -0.2) is 26.7 Å². The monoisotopic (exact) mass is 344 g/mol. The maximum Gasteiger partial charge on any atom is 0.293 e. The zero-order valence-corrected chi connectivity index (χ0v) is 14.2. The Bertz CT molecular complexity index is 811. The van der Waals surface area contributed by atoms with E-state index in [0.29, 0.717) is 4.91 Å². The van der Waals surface area contributed by atoms with Crippen molar-refractivity contribution in [2.45, 2.75) is 26.3 Å². The van der Waals surface area contributed by atoms with E-state index in [1.807, 2.05) is 36.7 Å². The van der Waals surface area contributed by atoms with Crippen LogP contribution in [0.25, 0.3) is 11.8 Å². The molecule has 0 saturated carbocycles. The summed E-state index contributed by atoms with van der Waals surface area (Å²) in [5, 5.41) is -0.236. The summed E-state index contributed by atoms with van der Waals surface area (Å²) in [4.78, 5) is 26.3. The molecule has 0 unspecified atom stereocenters. The Kier molecular flexibility index (Phi) is 4.57. The van der Waals surface area contributed by atoms with E-state index in [2.05, 4.69) is 0 Å². The summed E-state index contributed by atoms with van der Waals surface area (Å²) < 4.78 is 14.9. The number of carbonyl (C=O) groups is 2. The average molecular weight is 344 g/mol. The molecule has 1 aromatic heterocycles. The van der Waals surface area contributed by atoms with Crippen molar-refractivity contribution < 1.29 is 14.0 Å². The van der Waals surface area contributed by atoms with Gasteiger partial charge in [-0.15, -0.1) is 0 Å². The molecular formula is C18H17FN2O2S. The largest absolute Gasteiger partial charge is 0.317 e. The third kappa shape index (κ3) is 3.01. The van der Waals surface area contributed by atoms with E-state index < -0.39 is 0 Å². The summed E-state index contributed by atoms with van der Waals surface area (Å²) in [6.45, 7) is 3.80. The Morgan fingerprint density at radius 3 is 2.58 bits per heavy atom. The molecule has 124 valence electrons. The molecule has 1 saturated heterocycles. The van der Waals surface area contributed by atoms with Crippen LogP contribution in [0.5, 0.6) is 0 Å². The smallest absolute Gasteiger partial charge is 0.293 e. The molecule has 1 fully saturated rings. The molecule has 0 spiro atoms. The van der Waals surface area contributed by atoms with Gasteiger partial charge in [-0.05, 0) is 67.6 Å². The Morgan fingerprint density at radius 1 is 1.21 bits per heavy atom. The minimum atomic E-state index is -0.304. The molecule has 24 heavy (non-hydrogen) atoms. The fourth-order valence-electron chi connectivity index (χ4n) is 2.53. The molecule has 0 aliphatic carbocycles. The SMILES string of the molecule is CC[C@H](C)N1C(=O)S/C(=C/c2cccn2-c2ccc(F)cc2)C1=O. The summed E-state index contributed by atoms with van der Waals surface area (Å²) in [6, 6.07) is 9.67. The van der Waals surface area contributed by atoms with Crippen LogP contribution < -0.4 is 0 Å². The predicted octanol–water partition coefficient (Wildman–Crippen LogP) is 4.45. The quantitative estimate of drug-likeness (QED) is 0.770. The van der Waals surface area contributed by atoms with Crippen LogP contribution in [0, 0.1) is 5.82 Å². The Morgan fingerprint density at radius 2 is 1.92 bits per heavy atom. The number of benzene rings is 1. The number of thioether (sulfide) groups is 1. The second-order valence-corrected chi connectivity index (χ2v) is 6.58. The number of halogens is 1. The van der Waals surface area contributed by atoms with Crippen molar-refractivity contribution in [2.24, 2.45) is 0 Å². The van der Waals surface area contributed by atoms with Crippen LogP contribution >= 0.6 is 11.8 Å².